The van der Waals surface area contributed by atoms with E-state index in [1.165, 1.54) is 0 Å². The molecule has 2 aromatic heterocycles. The number of carboxylic acid groups (broad SMARTS) is 1. The van der Waals surface area contributed by atoms with Crippen molar-refractivity contribution in [3.05, 3.63) is 58.1 Å². The molecule has 206 valence electrons. The number of hydrogen-bond donors (Lipinski definition) is 1. The van der Waals surface area contributed by atoms with E-state index in [0.29, 0.717) is 34.0 Å². The van der Waals surface area contributed by atoms with Crippen LogP contribution in [0.2, 0.25) is 10.0 Å². The number of aliphatic carboxylic acids is 1. The summed E-state index contributed by atoms with van der Waals surface area (Å²) in [5.74, 6) is 1.10. The number of rotatable bonds is 8. The van der Waals surface area contributed by atoms with E-state index in [2.05, 4.69) is 31.9 Å². The van der Waals surface area contributed by atoms with Crippen LogP contribution in [-0.4, -0.2) is 82.4 Å². The summed E-state index contributed by atoms with van der Waals surface area (Å²) in [7, 11) is 2.12. The summed E-state index contributed by atoms with van der Waals surface area (Å²) in [4.78, 5) is 22.7. The molecule has 3 aromatic rings. The minimum atomic E-state index is -0.728. The zero-order valence-corrected chi connectivity index (χ0v) is 23.4. The van der Waals surface area contributed by atoms with Gasteiger partial charge in [-0.25, -0.2) is 4.98 Å². The third-order valence-electron chi connectivity index (χ3n) is 7.26. The molecule has 2 fully saturated rings. The summed E-state index contributed by atoms with van der Waals surface area (Å²) >= 11 is 12.6. The lowest BCUT2D eigenvalue weighted by atomic mass is 9.93. The number of halogens is 2. The van der Waals surface area contributed by atoms with Gasteiger partial charge in [-0.3, -0.25) is 9.69 Å². The summed E-state index contributed by atoms with van der Waals surface area (Å²) in [6, 6.07) is 13.0. The second-order valence-electron chi connectivity index (χ2n) is 10.3. The van der Waals surface area contributed by atoms with Gasteiger partial charge < -0.3 is 19.6 Å². The van der Waals surface area contributed by atoms with Crippen molar-refractivity contribution < 1.29 is 14.6 Å². The fraction of sp³-hybridized carbons (Fsp3) is 0.429. The third kappa shape index (κ3) is 7.57. The van der Waals surface area contributed by atoms with E-state index in [4.69, 9.17) is 38.0 Å². The van der Waals surface area contributed by atoms with Gasteiger partial charge in [-0.2, -0.15) is 0 Å². The monoisotopic (exact) mass is 570 g/mol. The zero-order valence-electron chi connectivity index (χ0n) is 21.9. The number of carbonyl (C=O) groups is 1. The van der Waals surface area contributed by atoms with Crippen LogP contribution in [0.5, 0.6) is 11.8 Å². The van der Waals surface area contributed by atoms with Gasteiger partial charge in [0.2, 0.25) is 11.8 Å². The Morgan fingerprint density at radius 1 is 0.949 bits per heavy atom. The van der Waals surface area contributed by atoms with E-state index in [9.17, 15) is 4.79 Å². The lowest BCUT2D eigenvalue weighted by molar-refractivity contribution is -0.138. The molecule has 2 aliphatic rings. The van der Waals surface area contributed by atoms with Gasteiger partial charge in [-0.05, 0) is 74.8 Å². The average molecular weight is 572 g/mol. The molecule has 11 heteroatoms. The number of pyridine rings is 1. The van der Waals surface area contributed by atoms with E-state index < -0.39 is 5.97 Å². The first-order chi connectivity index (χ1) is 18.8. The van der Waals surface area contributed by atoms with Gasteiger partial charge >= 0.3 is 5.97 Å². The Labute approximate surface area is 238 Å². The first-order valence-corrected chi connectivity index (χ1v) is 13.9. The van der Waals surface area contributed by atoms with Crippen molar-refractivity contribution in [2.45, 2.75) is 25.8 Å². The number of benzene rings is 1. The van der Waals surface area contributed by atoms with Crippen LogP contribution in [-0.2, 0) is 11.3 Å². The van der Waals surface area contributed by atoms with Crippen molar-refractivity contribution in [3.8, 4) is 23.0 Å². The van der Waals surface area contributed by atoms with Gasteiger partial charge in [0.25, 0.3) is 0 Å². The first kappa shape index (κ1) is 27.6. The van der Waals surface area contributed by atoms with E-state index >= 15 is 0 Å². The molecule has 4 heterocycles. The average Bonchev–Trinajstić information content (AvgIpc) is 2.90. The maximum Gasteiger partial charge on any atom is 0.303 e. The molecule has 0 aliphatic carbocycles. The van der Waals surface area contributed by atoms with Gasteiger partial charge in [0.1, 0.15) is 0 Å². The van der Waals surface area contributed by atoms with Crippen molar-refractivity contribution in [2.75, 3.05) is 51.2 Å². The molecule has 39 heavy (non-hydrogen) atoms. The minimum Gasteiger partial charge on any atom is -0.481 e. The quantitative estimate of drug-likeness (QED) is 0.398. The van der Waals surface area contributed by atoms with E-state index in [1.807, 2.05) is 36.4 Å². The highest BCUT2D eigenvalue weighted by atomic mass is 35.5. The Bertz CT molecular complexity index is 1270. The summed E-state index contributed by atoms with van der Waals surface area (Å²) < 4.78 is 6.09. The minimum absolute atomic E-state index is 0.228. The van der Waals surface area contributed by atoms with Gasteiger partial charge in [-0.15, -0.1) is 10.2 Å². The zero-order chi connectivity index (χ0) is 27.4. The summed E-state index contributed by atoms with van der Waals surface area (Å²) in [5.41, 5.74) is 2.50. The molecule has 0 atom stereocenters. The number of ether oxygens (including phenoxy) is 1. The first-order valence-electron chi connectivity index (χ1n) is 13.2. The Balaban J connectivity index is 1.35. The molecule has 9 nitrogen and oxygen atoms in total. The van der Waals surface area contributed by atoms with Crippen LogP contribution >= 0.6 is 23.2 Å². The second kappa shape index (κ2) is 12.5. The third-order valence-corrected chi connectivity index (χ3v) is 7.70. The molecule has 0 bridgehead atoms. The lowest BCUT2D eigenvalue weighted by Crippen LogP contribution is -2.44. The Morgan fingerprint density at radius 3 is 2.31 bits per heavy atom. The number of aromatic nitrogens is 3. The van der Waals surface area contributed by atoms with Crippen molar-refractivity contribution in [1.29, 1.82) is 0 Å². The number of nitrogens with zero attached hydrogens (tertiary/aromatic N) is 6. The van der Waals surface area contributed by atoms with Crippen LogP contribution in [0.3, 0.4) is 0 Å². The summed E-state index contributed by atoms with van der Waals surface area (Å²) in [6.07, 6.45) is 1.97. The fourth-order valence-corrected chi connectivity index (χ4v) is 5.61. The van der Waals surface area contributed by atoms with E-state index in [0.717, 1.165) is 69.1 Å². The standard InChI is InChI=1S/C28H32Cl2N6O3/c1-34-8-10-36(11-9-34)25-2-3-26(33-32-25)39-27-13-20(18-35-6-4-19(5-7-35)14-28(37)38)12-24(31-27)21-15-22(29)17-23(30)16-21/h2-3,12-13,15-17,19H,4-11,14,18H2,1H3,(H,37,38). The molecule has 5 rings (SSSR count). The Hall–Kier alpha value is -2.98. The number of likely N-dealkylation sites (tertiary alicyclic amines) is 1. The van der Waals surface area contributed by atoms with E-state index in [-0.39, 0.29) is 12.3 Å². The number of hydrogen-bond acceptors (Lipinski definition) is 8. The number of likely N-dealkylation sites (N-methyl/N-ethyl adjacent to an activating group) is 1. The molecule has 0 saturated carbocycles. The van der Waals surface area contributed by atoms with Crippen molar-refractivity contribution in [3.63, 3.8) is 0 Å². The van der Waals surface area contributed by atoms with Crippen molar-refractivity contribution >= 4 is 35.0 Å². The summed E-state index contributed by atoms with van der Waals surface area (Å²) in [6.45, 7) is 6.17. The molecule has 2 aliphatic heterocycles. The van der Waals surface area contributed by atoms with Gasteiger partial charge in [-0.1, -0.05) is 23.2 Å². The molecule has 1 aromatic carbocycles. The van der Waals surface area contributed by atoms with Crippen molar-refractivity contribution in [2.24, 2.45) is 5.92 Å². The van der Waals surface area contributed by atoms with Crippen molar-refractivity contribution in [1.82, 2.24) is 25.0 Å². The highest BCUT2D eigenvalue weighted by Gasteiger charge is 2.22. The summed E-state index contributed by atoms with van der Waals surface area (Å²) in [5, 5.41) is 18.9. The van der Waals surface area contributed by atoms with Gasteiger partial charge in [0, 0.05) is 66.9 Å². The Morgan fingerprint density at radius 2 is 1.67 bits per heavy atom. The topological polar surface area (TPSA) is 94.9 Å². The van der Waals surface area contributed by atoms with Gasteiger partial charge in [0.05, 0.1) is 5.69 Å². The van der Waals surface area contributed by atoms with Crippen LogP contribution < -0.4 is 9.64 Å². The molecule has 0 spiro atoms. The number of anilines is 1. The number of carboxylic acids is 1. The molecular formula is C28H32Cl2N6O3. The smallest absolute Gasteiger partial charge is 0.303 e. The Kier molecular flexibility index (Phi) is 8.82. The van der Waals surface area contributed by atoms with E-state index in [1.54, 1.807) is 6.07 Å². The second-order valence-corrected chi connectivity index (χ2v) is 11.2. The van der Waals surface area contributed by atoms with Crippen LogP contribution in [0.15, 0.2) is 42.5 Å². The van der Waals surface area contributed by atoms with Crippen LogP contribution in [0.4, 0.5) is 5.82 Å². The predicted molar refractivity (Wildman–Crippen MR) is 152 cm³/mol. The van der Waals surface area contributed by atoms with Crippen LogP contribution in [0, 0.1) is 5.92 Å². The normalized spacial score (nSPS) is 17.4. The molecular weight excluding hydrogens is 539 g/mol. The molecule has 0 unspecified atom stereocenters. The van der Waals surface area contributed by atoms with Gasteiger partial charge in [0.15, 0.2) is 5.82 Å². The molecule has 1 N–H and O–H groups in total. The van der Waals surface area contributed by atoms with Crippen LogP contribution in [0.1, 0.15) is 24.8 Å². The maximum atomic E-state index is 11.1. The highest BCUT2D eigenvalue weighted by Crippen LogP contribution is 2.31. The maximum absolute atomic E-state index is 11.1. The predicted octanol–water partition coefficient (Wildman–Crippen LogP) is 5.08. The number of piperazine rings is 1. The fourth-order valence-electron chi connectivity index (χ4n) is 5.08. The lowest BCUT2D eigenvalue weighted by Gasteiger charge is -2.32. The highest BCUT2D eigenvalue weighted by molar-refractivity contribution is 6.35. The SMILES string of the molecule is CN1CCN(c2ccc(Oc3cc(CN4CCC(CC(=O)O)CC4)cc(-c4cc(Cl)cc(Cl)c4)n3)nn2)CC1. The molecule has 0 amide bonds. The largest absolute Gasteiger partial charge is 0.481 e. The molecule has 0 radical (unpaired) electrons. The molecule has 2 saturated heterocycles. The van der Waals surface area contributed by atoms with Crippen LogP contribution in [0.25, 0.3) is 11.3 Å². The number of piperidine rings is 1.